The largest absolute Gasteiger partial charge is 0.496 e. The Morgan fingerprint density at radius 2 is 1.90 bits per heavy atom. The molecule has 0 unspecified atom stereocenters. The minimum atomic E-state index is -3.08. The summed E-state index contributed by atoms with van der Waals surface area (Å²) in [4.78, 5) is 2.22. The van der Waals surface area contributed by atoms with Gasteiger partial charge in [0, 0.05) is 50.0 Å². The summed E-state index contributed by atoms with van der Waals surface area (Å²) in [7, 11) is -1.45. The van der Waals surface area contributed by atoms with Gasteiger partial charge in [-0.3, -0.25) is 4.90 Å². The van der Waals surface area contributed by atoms with Crippen LogP contribution in [0.2, 0.25) is 0 Å². The van der Waals surface area contributed by atoms with Gasteiger partial charge in [-0.2, -0.15) is 4.31 Å². The van der Waals surface area contributed by atoms with E-state index in [1.54, 1.807) is 7.11 Å². The second-order valence-electron chi connectivity index (χ2n) is 5.01. The molecule has 1 aliphatic heterocycles. The van der Waals surface area contributed by atoms with Gasteiger partial charge in [0.05, 0.1) is 13.4 Å². The maximum absolute atomic E-state index is 11.5. The van der Waals surface area contributed by atoms with Gasteiger partial charge in [0.2, 0.25) is 10.0 Å². The highest BCUT2D eigenvalue weighted by molar-refractivity contribution is 7.88. The molecule has 0 saturated carbocycles. The molecule has 112 valence electrons. The van der Waals surface area contributed by atoms with Crippen molar-refractivity contribution in [2.45, 2.75) is 6.54 Å². The van der Waals surface area contributed by atoms with E-state index in [9.17, 15) is 8.42 Å². The van der Waals surface area contributed by atoms with Crippen molar-refractivity contribution < 1.29 is 13.2 Å². The Kier molecular flexibility index (Phi) is 4.52. The van der Waals surface area contributed by atoms with Crippen molar-refractivity contribution in [3.8, 4) is 5.75 Å². The first kappa shape index (κ1) is 15.1. The second-order valence-corrected chi connectivity index (χ2v) is 6.99. The van der Waals surface area contributed by atoms with Crippen LogP contribution in [0.25, 0.3) is 0 Å². The third-order valence-corrected chi connectivity index (χ3v) is 4.81. The third kappa shape index (κ3) is 3.62. The minimum absolute atomic E-state index is 0.538. The average molecular weight is 299 g/mol. The zero-order chi connectivity index (χ0) is 14.8. The molecule has 0 atom stereocenters. The molecule has 0 aliphatic carbocycles. The molecule has 20 heavy (non-hydrogen) atoms. The number of sulfonamides is 1. The van der Waals surface area contributed by atoms with Crippen molar-refractivity contribution >= 4 is 15.7 Å². The molecule has 1 fully saturated rings. The zero-order valence-corrected chi connectivity index (χ0v) is 12.7. The number of ether oxygens (including phenoxy) is 1. The molecule has 6 nitrogen and oxygen atoms in total. The number of nitrogen functional groups attached to an aromatic ring is 1. The second kappa shape index (κ2) is 5.99. The summed E-state index contributed by atoms with van der Waals surface area (Å²) in [6.45, 7) is 3.26. The smallest absolute Gasteiger partial charge is 0.211 e. The lowest BCUT2D eigenvalue weighted by Gasteiger charge is -2.33. The van der Waals surface area contributed by atoms with Crippen molar-refractivity contribution in [3.63, 3.8) is 0 Å². The fourth-order valence-electron chi connectivity index (χ4n) is 2.35. The fourth-order valence-corrected chi connectivity index (χ4v) is 3.18. The topological polar surface area (TPSA) is 75.9 Å². The van der Waals surface area contributed by atoms with E-state index < -0.39 is 10.0 Å². The van der Waals surface area contributed by atoms with E-state index in [1.165, 1.54) is 10.6 Å². The number of hydrogen-bond acceptors (Lipinski definition) is 5. The van der Waals surface area contributed by atoms with Crippen LogP contribution in [-0.2, 0) is 16.6 Å². The normalized spacial score (nSPS) is 18.1. The van der Waals surface area contributed by atoms with Crippen LogP contribution in [0.4, 0.5) is 5.69 Å². The summed E-state index contributed by atoms with van der Waals surface area (Å²) in [5.41, 5.74) is 7.47. The van der Waals surface area contributed by atoms with Crippen LogP contribution in [0.5, 0.6) is 5.75 Å². The molecule has 0 bridgehead atoms. The quantitative estimate of drug-likeness (QED) is 0.812. The van der Waals surface area contributed by atoms with Crippen molar-refractivity contribution in [2.75, 3.05) is 45.3 Å². The zero-order valence-electron chi connectivity index (χ0n) is 11.9. The first-order valence-electron chi connectivity index (χ1n) is 6.50. The number of nitrogens with two attached hydrogens (primary N) is 1. The molecule has 1 saturated heterocycles. The van der Waals surface area contributed by atoms with Gasteiger partial charge in [0.1, 0.15) is 5.75 Å². The van der Waals surface area contributed by atoms with E-state index >= 15 is 0 Å². The number of rotatable bonds is 4. The Balaban J connectivity index is 1.99. The molecular weight excluding hydrogens is 278 g/mol. The summed E-state index contributed by atoms with van der Waals surface area (Å²) < 4.78 is 29.8. The molecule has 1 heterocycles. The molecule has 0 amide bonds. The van der Waals surface area contributed by atoms with Gasteiger partial charge >= 0.3 is 0 Å². The van der Waals surface area contributed by atoms with Gasteiger partial charge in [-0.25, -0.2) is 8.42 Å². The number of hydrogen-bond donors (Lipinski definition) is 1. The number of benzene rings is 1. The van der Waals surface area contributed by atoms with Gasteiger partial charge < -0.3 is 10.5 Å². The van der Waals surface area contributed by atoms with Crippen LogP contribution in [0.3, 0.4) is 0 Å². The van der Waals surface area contributed by atoms with E-state index in [4.69, 9.17) is 10.5 Å². The van der Waals surface area contributed by atoms with Crippen LogP contribution >= 0.6 is 0 Å². The molecule has 1 aliphatic rings. The van der Waals surface area contributed by atoms with Gasteiger partial charge in [-0.1, -0.05) is 6.07 Å². The van der Waals surface area contributed by atoms with Gasteiger partial charge in [0.15, 0.2) is 0 Å². The summed E-state index contributed by atoms with van der Waals surface area (Å²) in [5.74, 6) is 0.774. The Morgan fingerprint density at radius 1 is 1.25 bits per heavy atom. The average Bonchev–Trinajstić information content (AvgIpc) is 2.40. The SMILES string of the molecule is COc1cc(N)ccc1CN1CCN(S(C)(=O)=O)CC1. The predicted molar refractivity (Wildman–Crippen MR) is 79.1 cm³/mol. The Bertz CT molecular complexity index is 566. The lowest BCUT2D eigenvalue weighted by atomic mass is 10.1. The van der Waals surface area contributed by atoms with Crippen LogP contribution < -0.4 is 10.5 Å². The Hall–Kier alpha value is -1.31. The molecule has 0 spiro atoms. The van der Waals surface area contributed by atoms with E-state index in [1.807, 2.05) is 18.2 Å². The fraction of sp³-hybridized carbons (Fsp3) is 0.538. The van der Waals surface area contributed by atoms with Crippen LogP contribution in [-0.4, -0.2) is 57.2 Å². The van der Waals surface area contributed by atoms with Crippen LogP contribution in [0.1, 0.15) is 5.56 Å². The van der Waals surface area contributed by atoms with Gasteiger partial charge in [-0.15, -0.1) is 0 Å². The molecule has 2 rings (SSSR count). The highest BCUT2D eigenvalue weighted by atomic mass is 32.2. The lowest BCUT2D eigenvalue weighted by molar-refractivity contribution is 0.180. The van der Waals surface area contributed by atoms with Gasteiger partial charge in [0.25, 0.3) is 0 Å². The Labute approximate surface area is 120 Å². The maximum Gasteiger partial charge on any atom is 0.211 e. The van der Waals surface area contributed by atoms with Crippen molar-refractivity contribution in [3.05, 3.63) is 23.8 Å². The predicted octanol–water partition coefficient (Wildman–Crippen LogP) is 0.355. The maximum atomic E-state index is 11.5. The summed E-state index contributed by atoms with van der Waals surface area (Å²) >= 11 is 0. The van der Waals surface area contributed by atoms with E-state index in [2.05, 4.69) is 4.90 Å². The van der Waals surface area contributed by atoms with Crippen LogP contribution in [0.15, 0.2) is 18.2 Å². The molecule has 1 aromatic rings. The highest BCUT2D eigenvalue weighted by Crippen LogP contribution is 2.23. The summed E-state index contributed by atoms with van der Waals surface area (Å²) in [5, 5.41) is 0. The Morgan fingerprint density at radius 3 is 2.45 bits per heavy atom. The summed E-state index contributed by atoms with van der Waals surface area (Å²) in [6.07, 6.45) is 1.26. The molecular formula is C13H21N3O3S. The lowest BCUT2D eigenvalue weighted by Crippen LogP contribution is -2.47. The molecule has 7 heteroatoms. The molecule has 1 aromatic carbocycles. The molecule has 0 aromatic heterocycles. The van der Waals surface area contributed by atoms with Crippen LogP contribution in [0, 0.1) is 0 Å². The van der Waals surface area contributed by atoms with Crippen molar-refractivity contribution in [2.24, 2.45) is 0 Å². The first-order chi connectivity index (χ1) is 9.40. The van der Waals surface area contributed by atoms with E-state index in [-0.39, 0.29) is 0 Å². The third-order valence-electron chi connectivity index (χ3n) is 3.51. The number of piperazine rings is 1. The standard InChI is InChI=1S/C13H21N3O3S/c1-19-13-9-12(14)4-3-11(13)10-15-5-7-16(8-6-15)20(2,17)18/h3-4,9H,5-8,10,14H2,1-2H3. The van der Waals surface area contributed by atoms with Crippen molar-refractivity contribution in [1.82, 2.24) is 9.21 Å². The van der Waals surface area contributed by atoms with E-state index in [0.29, 0.717) is 18.8 Å². The van der Waals surface area contributed by atoms with E-state index in [0.717, 1.165) is 30.9 Å². The molecule has 2 N–H and O–H groups in total. The van der Waals surface area contributed by atoms with Crippen molar-refractivity contribution in [1.29, 1.82) is 0 Å². The number of nitrogens with zero attached hydrogens (tertiary/aromatic N) is 2. The summed E-state index contributed by atoms with van der Waals surface area (Å²) in [6, 6.07) is 5.61. The minimum Gasteiger partial charge on any atom is -0.496 e. The monoisotopic (exact) mass is 299 g/mol. The number of methoxy groups -OCH3 is 1. The first-order valence-corrected chi connectivity index (χ1v) is 8.35. The number of anilines is 1. The van der Waals surface area contributed by atoms with Gasteiger partial charge in [-0.05, 0) is 6.07 Å². The highest BCUT2D eigenvalue weighted by Gasteiger charge is 2.23. The molecule has 0 radical (unpaired) electrons.